The Hall–Kier alpha value is -2.18. The second-order valence-electron chi connectivity index (χ2n) is 5.76. The van der Waals surface area contributed by atoms with Gasteiger partial charge in [0.25, 0.3) is 5.56 Å². The van der Waals surface area contributed by atoms with Gasteiger partial charge < -0.3 is 24.7 Å². The first kappa shape index (κ1) is 19.6. The molecule has 12 nitrogen and oxygen atoms in total. The summed E-state index contributed by atoms with van der Waals surface area (Å²) >= 11 is 0. The van der Waals surface area contributed by atoms with Crippen LogP contribution in [0.4, 0.5) is 0 Å². The Morgan fingerprint density at radius 1 is 1.26 bits per heavy atom. The minimum atomic E-state index is -4.82. The van der Waals surface area contributed by atoms with E-state index < -0.39 is 50.2 Å². The molecule has 0 unspecified atom stereocenters. The summed E-state index contributed by atoms with van der Waals surface area (Å²) in [6.07, 6.45) is -3.36. The molecule has 3 heterocycles. The fraction of sp³-hybridized carbons (Fsp3) is 0.357. The summed E-state index contributed by atoms with van der Waals surface area (Å²) in [7, 11) is -4.82. The first-order valence-electron chi connectivity index (χ1n) is 7.66. The summed E-state index contributed by atoms with van der Waals surface area (Å²) in [6.45, 7) is -0.718. The average Bonchev–Trinajstić information content (AvgIpc) is 2.88. The molecule has 1 fully saturated rings. The van der Waals surface area contributed by atoms with Crippen molar-refractivity contribution in [2.75, 3.05) is 6.61 Å². The van der Waals surface area contributed by atoms with E-state index in [-0.39, 0.29) is 11.3 Å². The molecule has 0 radical (unpaired) electrons. The summed E-state index contributed by atoms with van der Waals surface area (Å²) < 4.78 is 21.3. The van der Waals surface area contributed by atoms with Crippen molar-refractivity contribution in [3.8, 4) is 11.3 Å². The largest absolute Gasteiger partial charge is 0.469 e. The lowest BCUT2D eigenvalue weighted by atomic mass is 10.1. The molecule has 5 N–H and O–H groups in total. The SMILES string of the molecule is O=c1[nH]c(=O)n([C@@H]2O[C@H](COP(=O)(O)O)[C@@H](O)[C@H]2O)cc1-c1ccccn1. The second-order valence-corrected chi connectivity index (χ2v) is 7.00. The Kier molecular flexibility index (Phi) is 5.40. The summed E-state index contributed by atoms with van der Waals surface area (Å²) in [5.74, 6) is 0. The number of aromatic amines is 1. The number of pyridine rings is 1. The standard InChI is InChI=1S/C14H16N3O9P/c18-10-9(6-25-27(22,23)24)26-13(11(10)19)17-5-7(12(20)16-14(17)21)8-3-1-2-4-15-8/h1-5,9-11,13,18-19H,6H2,(H,16,20,21)(H2,22,23,24)/t9-,10-,11-,13-/m1/s1. The third-order valence-electron chi connectivity index (χ3n) is 3.93. The molecule has 3 rings (SSSR count). The number of phosphoric ester groups is 1. The number of nitrogens with one attached hydrogen (secondary N) is 1. The van der Waals surface area contributed by atoms with Crippen LogP contribution in [-0.4, -0.2) is 59.5 Å². The predicted octanol–water partition coefficient (Wildman–Crippen LogP) is -1.67. The number of hydrogen-bond acceptors (Lipinski definition) is 8. The fourth-order valence-electron chi connectivity index (χ4n) is 2.65. The van der Waals surface area contributed by atoms with E-state index in [1.165, 1.54) is 12.3 Å². The number of aromatic nitrogens is 3. The van der Waals surface area contributed by atoms with Gasteiger partial charge in [-0.25, -0.2) is 9.36 Å². The third kappa shape index (κ3) is 4.22. The molecule has 1 saturated heterocycles. The van der Waals surface area contributed by atoms with Gasteiger partial charge in [-0.3, -0.25) is 23.9 Å². The van der Waals surface area contributed by atoms with Crippen molar-refractivity contribution in [3.05, 3.63) is 51.4 Å². The minimum Gasteiger partial charge on any atom is -0.387 e. The molecule has 4 atom stereocenters. The molecule has 1 aliphatic rings. The second kappa shape index (κ2) is 7.44. The van der Waals surface area contributed by atoms with Crippen molar-refractivity contribution in [2.45, 2.75) is 24.5 Å². The quantitative estimate of drug-likeness (QED) is 0.363. The monoisotopic (exact) mass is 401 g/mol. The van der Waals surface area contributed by atoms with Crippen LogP contribution in [0, 0.1) is 0 Å². The predicted molar refractivity (Wildman–Crippen MR) is 88.5 cm³/mol. The van der Waals surface area contributed by atoms with Crippen molar-refractivity contribution in [1.29, 1.82) is 0 Å². The summed E-state index contributed by atoms with van der Waals surface area (Å²) in [5.41, 5.74) is -1.32. The zero-order valence-electron chi connectivity index (χ0n) is 13.6. The van der Waals surface area contributed by atoms with Gasteiger partial charge in [0.15, 0.2) is 6.23 Å². The van der Waals surface area contributed by atoms with Crippen LogP contribution in [0.2, 0.25) is 0 Å². The molecule has 146 valence electrons. The fourth-order valence-corrected chi connectivity index (χ4v) is 2.99. The van der Waals surface area contributed by atoms with E-state index in [1.807, 2.05) is 0 Å². The molecule has 1 aliphatic heterocycles. The highest BCUT2D eigenvalue weighted by molar-refractivity contribution is 7.46. The normalized spacial score (nSPS) is 25.6. The highest BCUT2D eigenvalue weighted by Gasteiger charge is 2.45. The smallest absolute Gasteiger partial charge is 0.387 e. The van der Waals surface area contributed by atoms with Crippen molar-refractivity contribution in [1.82, 2.24) is 14.5 Å². The van der Waals surface area contributed by atoms with Gasteiger partial charge in [0.05, 0.1) is 17.9 Å². The van der Waals surface area contributed by atoms with Crippen molar-refractivity contribution in [2.24, 2.45) is 0 Å². The number of H-pyrrole nitrogens is 1. The maximum Gasteiger partial charge on any atom is 0.469 e. The number of phosphoric acid groups is 1. The minimum absolute atomic E-state index is 0.0235. The van der Waals surface area contributed by atoms with Gasteiger partial charge in [0, 0.05) is 12.4 Å². The van der Waals surface area contributed by atoms with Gasteiger partial charge in [0.1, 0.15) is 18.3 Å². The van der Waals surface area contributed by atoms with Crippen LogP contribution in [0.25, 0.3) is 11.3 Å². The van der Waals surface area contributed by atoms with Crippen molar-refractivity contribution in [3.63, 3.8) is 0 Å². The van der Waals surface area contributed by atoms with Gasteiger partial charge in [-0.1, -0.05) is 6.07 Å². The van der Waals surface area contributed by atoms with E-state index in [2.05, 4.69) is 14.5 Å². The summed E-state index contributed by atoms with van der Waals surface area (Å²) in [6, 6.07) is 4.81. The molecule has 2 aromatic heterocycles. The number of aliphatic hydroxyl groups is 2. The van der Waals surface area contributed by atoms with E-state index in [9.17, 15) is 24.4 Å². The number of nitrogens with zero attached hydrogens (tertiary/aromatic N) is 2. The Balaban J connectivity index is 1.93. The average molecular weight is 401 g/mol. The van der Waals surface area contributed by atoms with Crippen LogP contribution >= 0.6 is 7.82 Å². The number of ether oxygens (including phenoxy) is 1. The number of hydrogen-bond donors (Lipinski definition) is 5. The van der Waals surface area contributed by atoms with Crippen LogP contribution in [0.15, 0.2) is 40.2 Å². The zero-order chi connectivity index (χ0) is 19.8. The summed E-state index contributed by atoms with van der Waals surface area (Å²) in [4.78, 5) is 47.8. The Labute approximate surface area is 150 Å². The number of aliphatic hydroxyl groups excluding tert-OH is 2. The van der Waals surface area contributed by atoms with E-state index in [0.29, 0.717) is 0 Å². The van der Waals surface area contributed by atoms with Crippen LogP contribution in [0.1, 0.15) is 6.23 Å². The summed E-state index contributed by atoms with van der Waals surface area (Å²) in [5, 5.41) is 20.2. The van der Waals surface area contributed by atoms with E-state index in [4.69, 9.17) is 14.5 Å². The molecule has 0 saturated carbocycles. The van der Waals surface area contributed by atoms with Crippen LogP contribution in [0.5, 0.6) is 0 Å². The first-order valence-corrected chi connectivity index (χ1v) is 9.19. The molecule has 27 heavy (non-hydrogen) atoms. The lowest BCUT2D eigenvalue weighted by Crippen LogP contribution is -2.38. The van der Waals surface area contributed by atoms with Gasteiger partial charge in [0.2, 0.25) is 0 Å². The van der Waals surface area contributed by atoms with Crippen LogP contribution < -0.4 is 11.2 Å². The van der Waals surface area contributed by atoms with Crippen molar-refractivity contribution < 1.29 is 33.8 Å². The maximum atomic E-state index is 12.1. The zero-order valence-corrected chi connectivity index (χ0v) is 14.5. The molecular formula is C14H16N3O9P. The van der Waals surface area contributed by atoms with Gasteiger partial charge in [-0.05, 0) is 12.1 Å². The van der Waals surface area contributed by atoms with Gasteiger partial charge in [-0.2, -0.15) is 0 Å². The lowest BCUT2D eigenvalue weighted by molar-refractivity contribution is -0.0542. The highest BCUT2D eigenvalue weighted by atomic mass is 31.2. The van der Waals surface area contributed by atoms with Gasteiger partial charge >= 0.3 is 13.5 Å². The molecule has 2 aromatic rings. The molecule has 0 aliphatic carbocycles. The maximum absolute atomic E-state index is 12.1. The Morgan fingerprint density at radius 2 is 2.00 bits per heavy atom. The first-order chi connectivity index (χ1) is 12.7. The third-order valence-corrected chi connectivity index (χ3v) is 4.41. The molecule has 13 heteroatoms. The number of rotatable bonds is 5. The molecule has 0 aromatic carbocycles. The molecule has 0 bridgehead atoms. The van der Waals surface area contributed by atoms with Crippen LogP contribution in [-0.2, 0) is 13.8 Å². The van der Waals surface area contributed by atoms with Crippen molar-refractivity contribution >= 4 is 7.82 Å². The van der Waals surface area contributed by atoms with E-state index in [1.54, 1.807) is 12.1 Å². The molecule has 0 amide bonds. The highest BCUT2D eigenvalue weighted by Crippen LogP contribution is 2.38. The van der Waals surface area contributed by atoms with E-state index in [0.717, 1.165) is 10.8 Å². The Morgan fingerprint density at radius 3 is 2.63 bits per heavy atom. The van der Waals surface area contributed by atoms with Crippen LogP contribution in [0.3, 0.4) is 0 Å². The Bertz CT molecular complexity index is 970. The van der Waals surface area contributed by atoms with Gasteiger partial charge in [-0.15, -0.1) is 0 Å². The molecular weight excluding hydrogens is 385 g/mol. The topological polar surface area (TPSA) is 184 Å². The molecule has 0 spiro atoms. The lowest BCUT2D eigenvalue weighted by Gasteiger charge is -2.18. The van der Waals surface area contributed by atoms with E-state index >= 15 is 0 Å².